The Hall–Kier alpha value is -0.910. The maximum Gasteiger partial charge on any atom is 0.0534 e. The number of nitrogens with zero attached hydrogens (tertiary/aromatic N) is 4. The lowest BCUT2D eigenvalue weighted by Gasteiger charge is -2.43. The van der Waals surface area contributed by atoms with Crippen LogP contribution in [0.25, 0.3) is 0 Å². The summed E-state index contributed by atoms with van der Waals surface area (Å²) in [6.07, 6.45) is 12.0. The van der Waals surface area contributed by atoms with E-state index in [1.165, 1.54) is 44.2 Å². The number of hydrogen-bond donors (Lipinski definition) is 1. The van der Waals surface area contributed by atoms with Gasteiger partial charge in [0.05, 0.1) is 6.20 Å². The highest BCUT2D eigenvalue weighted by molar-refractivity contribution is 5.04. The SMILES string of the molecule is Cn1cc(CN2CCN(CC3CCCCC3)C(CCO)C2)cn1. The van der Waals surface area contributed by atoms with Crippen LogP contribution in [-0.4, -0.2) is 63.5 Å². The molecule has 0 amide bonds. The Morgan fingerprint density at radius 1 is 1.22 bits per heavy atom. The summed E-state index contributed by atoms with van der Waals surface area (Å²) in [7, 11) is 1.97. The summed E-state index contributed by atoms with van der Waals surface area (Å²) in [6.45, 7) is 5.86. The summed E-state index contributed by atoms with van der Waals surface area (Å²) in [4.78, 5) is 5.18. The number of aryl methyl sites for hydroxylation is 1. The van der Waals surface area contributed by atoms with Gasteiger partial charge in [0, 0.05) is 64.2 Å². The van der Waals surface area contributed by atoms with Gasteiger partial charge in [0.1, 0.15) is 0 Å². The van der Waals surface area contributed by atoms with E-state index in [1.54, 1.807) is 0 Å². The molecule has 1 unspecified atom stereocenters. The first-order chi connectivity index (χ1) is 11.2. The second-order valence-corrected chi connectivity index (χ2v) is 7.42. The van der Waals surface area contributed by atoms with E-state index in [2.05, 4.69) is 21.1 Å². The van der Waals surface area contributed by atoms with Crippen molar-refractivity contribution >= 4 is 0 Å². The number of aliphatic hydroxyl groups excluding tert-OH is 1. The highest BCUT2D eigenvalue weighted by Crippen LogP contribution is 2.26. The van der Waals surface area contributed by atoms with Gasteiger partial charge in [-0.05, 0) is 25.2 Å². The quantitative estimate of drug-likeness (QED) is 0.869. The number of rotatable bonds is 6. The molecule has 0 spiro atoms. The van der Waals surface area contributed by atoms with Crippen molar-refractivity contribution in [2.45, 2.75) is 51.1 Å². The maximum atomic E-state index is 9.46. The Balaban J connectivity index is 1.54. The van der Waals surface area contributed by atoms with Crippen molar-refractivity contribution in [2.75, 3.05) is 32.8 Å². The van der Waals surface area contributed by atoms with Crippen LogP contribution in [0.4, 0.5) is 0 Å². The highest BCUT2D eigenvalue weighted by atomic mass is 16.3. The molecule has 1 atom stereocenters. The van der Waals surface area contributed by atoms with Gasteiger partial charge >= 0.3 is 0 Å². The van der Waals surface area contributed by atoms with Crippen LogP contribution in [0.5, 0.6) is 0 Å². The smallest absolute Gasteiger partial charge is 0.0534 e. The molecule has 2 fully saturated rings. The average molecular weight is 320 g/mol. The minimum absolute atomic E-state index is 0.298. The third-order valence-corrected chi connectivity index (χ3v) is 5.53. The van der Waals surface area contributed by atoms with Gasteiger partial charge in [-0.15, -0.1) is 0 Å². The fraction of sp³-hybridized carbons (Fsp3) is 0.833. The first-order valence-corrected chi connectivity index (χ1v) is 9.29. The molecule has 1 aliphatic heterocycles. The summed E-state index contributed by atoms with van der Waals surface area (Å²) in [5, 5.41) is 13.7. The third kappa shape index (κ3) is 4.78. The molecule has 2 heterocycles. The second-order valence-electron chi connectivity index (χ2n) is 7.42. The van der Waals surface area contributed by atoms with Gasteiger partial charge in [-0.25, -0.2) is 0 Å². The van der Waals surface area contributed by atoms with Crippen LogP contribution >= 0.6 is 0 Å². The molecular weight excluding hydrogens is 288 g/mol. The van der Waals surface area contributed by atoms with Crippen LogP contribution in [-0.2, 0) is 13.6 Å². The second kappa shape index (κ2) is 8.27. The fourth-order valence-electron chi connectivity index (χ4n) is 4.28. The van der Waals surface area contributed by atoms with E-state index in [9.17, 15) is 5.11 Å². The molecule has 1 aliphatic carbocycles. The Bertz CT molecular complexity index is 469. The molecule has 0 aromatic carbocycles. The minimum Gasteiger partial charge on any atom is -0.396 e. The number of aliphatic hydroxyl groups is 1. The highest BCUT2D eigenvalue weighted by Gasteiger charge is 2.28. The standard InChI is InChI=1S/C18H32N4O/c1-20-12-17(11-19-20)13-21-8-9-22(18(15-21)7-10-23)14-16-5-3-2-4-6-16/h11-12,16,18,23H,2-10,13-15H2,1H3. The zero-order chi connectivity index (χ0) is 16.1. The van der Waals surface area contributed by atoms with E-state index < -0.39 is 0 Å². The van der Waals surface area contributed by atoms with Gasteiger partial charge in [-0.1, -0.05) is 19.3 Å². The molecule has 5 heteroatoms. The molecule has 2 aliphatic rings. The number of aromatic nitrogens is 2. The number of piperazine rings is 1. The predicted molar refractivity (Wildman–Crippen MR) is 92.1 cm³/mol. The Morgan fingerprint density at radius 2 is 2.04 bits per heavy atom. The first-order valence-electron chi connectivity index (χ1n) is 9.29. The number of hydrogen-bond acceptors (Lipinski definition) is 4. The van der Waals surface area contributed by atoms with Crippen LogP contribution in [0.2, 0.25) is 0 Å². The van der Waals surface area contributed by atoms with Gasteiger partial charge in [0.15, 0.2) is 0 Å². The van der Waals surface area contributed by atoms with Gasteiger partial charge in [-0.3, -0.25) is 14.5 Å². The van der Waals surface area contributed by atoms with E-state index >= 15 is 0 Å². The van der Waals surface area contributed by atoms with Crippen molar-refractivity contribution in [1.82, 2.24) is 19.6 Å². The van der Waals surface area contributed by atoms with Crippen LogP contribution in [0.1, 0.15) is 44.1 Å². The predicted octanol–water partition coefficient (Wildman–Crippen LogP) is 1.87. The van der Waals surface area contributed by atoms with Crippen molar-refractivity contribution in [3.8, 4) is 0 Å². The van der Waals surface area contributed by atoms with E-state index in [1.807, 2.05) is 17.9 Å². The van der Waals surface area contributed by atoms with E-state index in [0.29, 0.717) is 12.6 Å². The summed E-state index contributed by atoms with van der Waals surface area (Å²) < 4.78 is 1.87. The molecule has 1 N–H and O–H groups in total. The van der Waals surface area contributed by atoms with Crippen molar-refractivity contribution < 1.29 is 5.11 Å². The summed E-state index contributed by atoms with van der Waals surface area (Å²) in [5.41, 5.74) is 1.29. The molecule has 130 valence electrons. The average Bonchev–Trinajstić information content (AvgIpc) is 2.96. The fourth-order valence-corrected chi connectivity index (χ4v) is 4.28. The van der Waals surface area contributed by atoms with E-state index in [4.69, 9.17) is 0 Å². The van der Waals surface area contributed by atoms with Crippen LogP contribution < -0.4 is 0 Å². The van der Waals surface area contributed by atoms with Gasteiger partial charge in [-0.2, -0.15) is 5.10 Å². The van der Waals surface area contributed by atoms with E-state index in [-0.39, 0.29) is 0 Å². The lowest BCUT2D eigenvalue weighted by Crippen LogP contribution is -2.54. The molecule has 1 saturated carbocycles. The Labute approximate surface area is 140 Å². The normalized spacial score (nSPS) is 25.0. The molecule has 0 radical (unpaired) electrons. The Morgan fingerprint density at radius 3 is 2.74 bits per heavy atom. The topological polar surface area (TPSA) is 44.5 Å². The minimum atomic E-state index is 0.298. The zero-order valence-electron chi connectivity index (χ0n) is 14.5. The van der Waals surface area contributed by atoms with Crippen molar-refractivity contribution in [1.29, 1.82) is 0 Å². The maximum absolute atomic E-state index is 9.46. The lowest BCUT2D eigenvalue weighted by atomic mass is 9.88. The lowest BCUT2D eigenvalue weighted by molar-refractivity contribution is 0.0400. The molecule has 0 bridgehead atoms. The van der Waals surface area contributed by atoms with Crippen molar-refractivity contribution in [2.24, 2.45) is 13.0 Å². The van der Waals surface area contributed by atoms with Gasteiger partial charge in [0.25, 0.3) is 0 Å². The summed E-state index contributed by atoms with van der Waals surface area (Å²) in [5.74, 6) is 0.884. The molecule has 1 saturated heterocycles. The van der Waals surface area contributed by atoms with E-state index in [0.717, 1.165) is 38.5 Å². The van der Waals surface area contributed by atoms with Gasteiger partial charge < -0.3 is 5.11 Å². The largest absolute Gasteiger partial charge is 0.396 e. The zero-order valence-corrected chi connectivity index (χ0v) is 14.5. The molecule has 1 aromatic heterocycles. The molecule has 23 heavy (non-hydrogen) atoms. The van der Waals surface area contributed by atoms with Crippen molar-refractivity contribution in [3.05, 3.63) is 18.0 Å². The van der Waals surface area contributed by atoms with Crippen LogP contribution in [0, 0.1) is 5.92 Å². The molecule has 1 aromatic rings. The first kappa shape index (κ1) is 16.9. The van der Waals surface area contributed by atoms with Crippen LogP contribution in [0.15, 0.2) is 12.4 Å². The molecule has 3 rings (SSSR count). The van der Waals surface area contributed by atoms with Crippen LogP contribution in [0.3, 0.4) is 0 Å². The summed E-state index contributed by atoms with van der Waals surface area (Å²) in [6, 6.07) is 0.507. The molecular formula is C18H32N4O. The Kier molecular flexibility index (Phi) is 6.08. The monoisotopic (exact) mass is 320 g/mol. The van der Waals surface area contributed by atoms with Gasteiger partial charge in [0.2, 0.25) is 0 Å². The third-order valence-electron chi connectivity index (χ3n) is 5.53. The van der Waals surface area contributed by atoms with Crippen molar-refractivity contribution in [3.63, 3.8) is 0 Å². The molecule has 5 nitrogen and oxygen atoms in total. The summed E-state index contributed by atoms with van der Waals surface area (Å²) >= 11 is 0.